The molecule has 0 radical (unpaired) electrons. The van der Waals surface area contributed by atoms with Gasteiger partial charge in [-0.3, -0.25) is 10.1 Å². The Morgan fingerprint density at radius 1 is 1.42 bits per heavy atom. The highest BCUT2D eigenvalue weighted by Gasteiger charge is 2.17. The van der Waals surface area contributed by atoms with Crippen molar-refractivity contribution in [1.82, 2.24) is 5.32 Å². The van der Waals surface area contributed by atoms with E-state index in [1.54, 1.807) is 6.07 Å². The number of nitrogens with one attached hydrogen (secondary N) is 1. The summed E-state index contributed by atoms with van der Waals surface area (Å²) >= 11 is 0. The molecule has 1 aromatic rings. The van der Waals surface area contributed by atoms with Gasteiger partial charge in [-0.05, 0) is 31.9 Å². The van der Waals surface area contributed by atoms with Crippen molar-refractivity contribution in [3.8, 4) is 0 Å². The summed E-state index contributed by atoms with van der Waals surface area (Å²) in [6.45, 7) is 4.20. The van der Waals surface area contributed by atoms with Crippen LogP contribution in [0.5, 0.6) is 0 Å². The van der Waals surface area contributed by atoms with Crippen LogP contribution < -0.4 is 5.32 Å². The maximum Gasteiger partial charge on any atom is 0.291 e. The summed E-state index contributed by atoms with van der Waals surface area (Å²) in [7, 11) is 0. The molecule has 2 rings (SSSR count). The second-order valence-corrected chi connectivity index (χ2v) is 5.26. The van der Waals surface area contributed by atoms with Crippen molar-refractivity contribution < 1.29 is 23.4 Å². The molecule has 132 valence electrons. The third kappa shape index (κ3) is 5.90. The number of amides is 1. The van der Waals surface area contributed by atoms with Gasteiger partial charge in [-0.1, -0.05) is 12.1 Å². The van der Waals surface area contributed by atoms with E-state index >= 15 is 0 Å². The van der Waals surface area contributed by atoms with Crippen molar-refractivity contribution in [3.63, 3.8) is 0 Å². The molecule has 0 spiro atoms. The first-order valence-electron chi connectivity index (χ1n) is 8.13. The molecule has 1 atom stereocenters. The van der Waals surface area contributed by atoms with Crippen molar-refractivity contribution >= 4 is 11.9 Å². The number of halogens is 1. The first-order chi connectivity index (χ1) is 11.7. The van der Waals surface area contributed by atoms with Crippen molar-refractivity contribution in [2.45, 2.75) is 25.9 Å². The smallest absolute Gasteiger partial charge is 0.291 e. The lowest BCUT2D eigenvalue weighted by molar-refractivity contribution is 0.0911. The Kier molecular flexibility index (Phi) is 7.64. The molecule has 0 aromatic heterocycles. The average molecular weight is 338 g/mol. The van der Waals surface area contributed by atoms with E-state index in [-0.39, 0.29) is 24.3 Å². The number of aliphatic imine (C=N–C) groups is 1. The van der Waals surface area contributed by atoms with Gasteiger partial charge in [-0.25, -0.2) is 9.38 Å². The number of carbonyl (C=O) groups is 1. The van der Waals surface area contributed by atoms with Gasteiger partial charge in [0.05, 0.1) is 24.8 Å². The second kappa shape index (κ2) is 10.00. The molecule has 0 aliphatic carbocycles. The van der Waals surface area contributed by atoms with E-state index in [1.807, 2.05) is 6.92 Å². The van der Waals surface area contributed by atoms with Crippen molar-refractivity contribution in [2.24, 2.45) is 4.99 Å². The molecule has 1 N–H and O–H groups in total. The number of hydrogen-bond donors (Lipinski definition) is 1. The Hall–Kier alpha value is -1.99. The topological polar surface area (TPSA) is 69.2 Å². The molecule has 7 heteroatoms. The van der Waals surface area contributed by atoms with Crippen molar-refractivity contribution in [1.29, 1.82) is 0 Å². The predicted molar refractivity (Wildman–Crippen MR) is 87.6 cm³/mol. The number of carbonyl (C=O) groups excluding carboxylic acids is 1. The Labute approximate surface area is 141 Å². The Morgan fingerprint density at radius 3 is 2.96 bits per heavy atom. The van der Waals surface area contributed by atoms with E-state index in [0.717, 1.165) is 19.4 Å². The van der Waals surface area contributed by atoms with Crippen LogP contribution >= 0.6 is 0 Å². The first-order valence-corrected chi connectivity index (χ1v) is 8.13. The zero-order chi connectivity index (χ0) is 17.2. The fraction of sp³-hybridized carbons (Fsp3) is 0.529. The van der Waals surface area contributed by atoms with Crippen LogP contribution in [0.3, 0.4) is 0 Å². The van der Waals surface area contributed by atoms with Crippen molar-refractivity contribution in [3.05, 3.63) is 35.6 Å². The largest absolute Gasteiger partial charge is 0.463 e. The molecular formula is C17H23FN2O4. The van der Waals surface area contributed by atoms with E-state index in [2.05, 4.69) is 10.3 Å². The SMILES string of the molecule is CCOCCOC(=NC[C@H]1CCCO1)NC(=O)c1ccccc1F. The molecule has 1 heterocycles. The molecule has 1 aliphatic heterocycles. The van der Waals surface area contributed by atoms with Gasteiger partial charge in [0.25, 0.3) is 11.9 Å². The first kappa shape index (κ1) is 18.4. The van der Waals surface area contributed by atoms with E-state index in [9.17, 15) is 9.18 Å². The summed E-state index contributed by atoms with van der Waals surface area (Å²) in [5.41, 5.74) is -0.0595. The van der Waals surface area contributed by atoms with E-state index < -0.39 is 11.7 Å². The lowest BCUT2D eigenvalue weighted by atomic mass is 10.2. The van der Waals surface area contributed by atoms with Crippen LogP contribution in [0.1, 0.15) is 30.1 Å². The highest BCUT2D eigenvalue weighted by molar-refractivity contribution is 6.04. The third-order valence-electron chi connectivity index (χ3n) is 3.47. The number of nitrogens with zero attached hydrogens (tertiary/aromatic N) is 1. The molecule has 1 aromatic carbocycles. The lowest BCUT2D eigenvalue weighted by Gasteiger charge is -2.12. The van der Waals surface area contributed by atoms with Gasteiger partial charge in [-0.15, -0.1) is 0 Å². The average Bonchev–Trinajstić information content (AvgIpc) is 3.10. The zero-order valence-corrected chi connectivity index (χ0v) is 13.8. The van der Waals surface area contributed by atoms with E-state index in [1.165, 1.54) is 18.2 Å². The monoisotopic (exact) mass is 338 g/mol. The summed E-state index contributed by atoms with van der Waals surface area (Å²) in [5, 5.41) is 2.51. The summed E-state index contributed by atoms with van der Waals surface area (Å²) in [6, 6.07) is 5.81. The minimum Gasteiger partial charge on any atom is -0.463 e. The van der Waals surface area contributed by atoms with Crippen LogP contribution in [0, 0.1) is 5.82 Å². The van der Waals surface area contributed by atoms with Crippen LogP contribution in [0.25, 0.3) is 0 Å². The van der Waals surface area contributed by atoms with E-state index in [4.69, 9.17) is 14.2 Å². The summed E-state index contributed by atoms with van der Waals surface area (Å²) < 4.78 is 29.8. The van der Waals surface area contributed by atoms with Crippen LogP contribution in [-0.2, 0) is 14.2 Å². The fourth-order valence-corrected chi connectivity index (χ4v) is 2.25. The molecule has 0 unspecified atom stereocenters. The number of rotatable bonds is 7. The summed E-state index contributed by atoms with van der Waals surface area (Å²) in [4.78, 5) is 16.4. The van der Waals surface area contributed by atoms with Gasteiger partial charge in [-0.2, -0.15) is 0 Å². The third-order valence-corrected chi connectivity index (χ3v) is 3.47. The van der Waals surface area contributed by atoms with Crippen LogP contribution in [0.15, 0.2) is 29.3 Å². The van der Waals surface area contributed by atoms with Crippen LogP contribution in [0.4, 0.5) is 4.39 Å². The Bertz CT molecular complexity index is 559. The predicted octanol–water partition coefficient (Wildman–Crippen LogP) is 2.14. The van der Waals surface area contributed by atoms with Gasteiger partial charge in [0.2, 0.25) is 0 Å². The van der Waals surface area contributed by atoms with Gasteiger partial charge < -0.3 is 14.2 Å². The zero-order valence-electron chi connectivity index (χ0n) is 13.8. The van der Waals surface area contributed by atoms with Crippen LogP contribution in [0.2, 0.25) is 0 Å². The molecular weight excluding hydrogens is 315 g/mol. The van der Waals surface area contributed by atoms with Gasteiger partial charge >= 0.3 is 0 Å². The van der Waals surface area contributed by atoms with Crippen LogP contribution in [-0.4, -0.2) is 51.0 Å². The number of hydrogen-bond acceptors (Lipinski definition) is 5. The fourth-order valence-electron chi connectivity index (χ4n) is 2.25. The number of ether oxygens (including phenoxy) is 3. The van der Waals surface area contributed by atoms with E-state index in [0.29, 0.717) is 19.8 Å². The minimum absolute atomic E-state index is 0.0286. The number of benzene rings is 1. The Balaban J connectivity index is 1.96. The molecule has 6 nitrogen and oxygen atoms in total. The summed E-state index contributed by atoms with van der Waals surface area (Å²) in [6.07, 6.45) is 1.96. The standard InChI is InChI=1S/C17H23FN2O4/c1-2-22-10-11-24-17(19-12-13-6-5-9-23-13)20-16(21)14-7-3-4-8-15(14)18/h3-4,7-8,13H,2,5-6,9-12H2,1H3,(H,19,20,21)/t13-/m1/s1. The molecule has 24 heavy (non-hydrogen) atoms. The van der Waals surface area contributed by atoms with Gasteiger partial charge in [0, 0.05) is 13.2 Å². The number of amidine groups is 1. The highest BCUT2D eigenvalue weighted by atomic mass is 19.1. The normalized spacial score (nSPS) is 17.8. The summed E-state index contributed by atoms with van der Waals surface area (Å²) in [5.74, 6) is -1.20. The molecule has 1 aliphatic rings. The molecule has 1 amide bonds. The maximum absolute atomic E-state index is 13.7. The molecule has 1 fully saturated rings. The molecule has 0 bridgehead atoms. The minimum atomic E-state index is -0.601. The lowest BCUT2D eigenvalue weighted by Crippen LogP contribution is -2.34. The Morgan fingerprint density at radius 2 is 2.25 bits per heavy atom. The maximum atomic E-state index is 13.7. The second-order valence-electron chi connectivity index (χ2n) is 5.26. The quantitative estimate of drug-likeness (QED) is 0.470. The van der Waals surface area contributed by atoms with Gasteiger partial charge in [0.1, 0.15) is 12.4 Å². The molecule has 1 saturated heterocycles. The molecule has 0 saturated carbocycles. The van der Waals surface area contributed by atoms with Crippen molar-refractivity contribution in [2.75, 3.05) is 33.0 Å². The van der Waals surface area contributed by atoms with Gasteiger partial charge in [0.15, 0.2) is 0 Å². The highest BCUT2D eigenvalue weighted by Crippen LogP contribution is 2.12.